The molecule has 0 fully saturated rings. The number of H-pyrrole nitrogens is 4. The molecule has 0 bridgehead atoms. The molecule has 594 valence electrons. The van der Waals surface area contributed by atoms with Gasteiger partial charge in [0.25, 0.3) is 29.5 Å². The molecule has 0 aliphatic carbocycles. The molecule has 13 aromatic rings. The van der Waals surface area contributed by atoms with Crippen molar-refractivity contribution in [3.8, 4) is 17.4 Å². The van der Waals surface area contributed by atoms with Gasteiger partial charge in [-0.05, 0) is 272 Å². The monoisotopic (exact) mass is 1920 g/mol. The summed E-state index contributed by atoms with van der Waals surface area (Å²) in [7, 11) is -2.14. The van der Waals surface area contributed by atoms with Gasteiger partial charge in [-0.15, -0.1) is 16.5 Å². The summed E-state index contributed by atoms with van der Waals surface area (Å²) < 4.78 is 30.6. The Labute approximate surface area is 716 Å². The van der Waals surface area contributed by atoms with Crippen LogP contribution in [0.3, 0.4) is 0 Å². The number of imidazole rings is 1. The van der Waals surface area contributed by atoms with Crippen molar-refractivity contribution < 1.29 is 62.0 Å². The number of fused-ring (bicyclic) bond motifs is 5. The van der Waals surface area contributed by atoms with Gasteiger partial charge in [0.15, 0.2) is 5.69 Å². The number of anilines is 4. The molecule has 26 nitrogen and oxygen atoms in total. The van der Waals surface area contributed by atoms with Crippen molar-refractivity contribution in [1.29, 1.82) is 0 Å². The van der Waals surface area contributed by atoms with Crippen LogP contribution in [0.4, 0.5) is 34.1 Å². The zero-order valence-corrected chi connectivity index (χ0v) is 70.8. The SMILES string of the molecule is COc1ccc2c(c1)/C(=C/c1cnc[nH]1)C(=O)N2.Cc1[nH]c(/C=C2\C(=O)Nc3ccc(C(=O)NCc4ccccc4)cc32)c(C)c1CCC(=O)O.NS(=O)(=O)c1ccc(N=Nc2c(O)[nH]c3ccc(Br)cc23)cc1.O=C1Nc2ccc(C(=O)c3cccs3)cc2/C1=C/c1ccc[nH]1.O=C1Nc2ccc(I)cc2C1=Cc1cc(Br)c(O)c(Br)c1. The van der Waals surface area contributed by atoms with Gasteiger partial charge in [-0.25, -0.2) is 18.5 Å². The topological polar surface area (TPSA) is 410 Å². The number of nitrogens with two attached hydrogens (primary N) is 1. The van der Waals surface area contributed by atoms with Crippen LogP contribution in [0.1, 0.15) is 99.3 Å². The van der Waals surface area contributed by atoms with Gasteiger partial charge in [0.05, 0.1) is 72.0 Å². The number of methoxy groups -OCH3 is 1. The number of phenolic OH excluding ortho intramolecular Hbond substituents is 1. The molecule has 4 aliphatic rings. The highest BCUT2D eigenvalue weighted by Crippen LogP contribution is 2.42. The average molecular weight is 1920 g/mol. The number of aromatic amines is 4. The summed E-state index contributed by atoms with van der Waals surface area (Å²) in [5, 5.41) is 58.6. The van der Waals surface area contributed by atoms with Crippen molar-refractivity contribution >= 4 is 225 Å². The number of sulfonamides is 1. The third kappa shape index (κ3) is 19.7. The van der Waals surface area contributed by atoms with Gasteiger partial charge in [-0.1, -0.05) is 52.3 Å². The molecule has 0 saturated carbocycles. The van der Waals surface area contributed by atoms with E-state index in [9.17, 15) is 52.2 Å². The second-order valence-electron chi connectivity index (χ2n) is 26.5. The molecule has 0 radical (unpaired) electrons. The fourth-order valence-electron chi connectivity index (χ4n) is 12.8. The zero-order valence-electron chi connectivity index (χ0n) is 62.2. The number of carbonyl (C=O) groups excluding carboxylic acids is 6. The Morgan fingerprint density at radius 1 is 0.636 bits per heavy atom. The van der Waals surface area contributed by atoms with E-state index in [-0.39, 0.29) is 58.3 Å². The summed E-state index contributed by atoms with van der Waals surface area (Å²) in [4.78, 5) is 102. The number of aliphatic carboxylic acids is 1. The smallest absolute Gasteiger partial charge is 0.303 e. The van der Waals surface area contributed by atoms with Crippen LogP contribution in [-0.2, 0) is 47.0 Å². The van der Waals surface area contributed by atoms with Crippen LogP contribution in [0.2, 0.25) is 0 Å². The number of nitrogens with one attached hydrogen (secondary N) is 9. The highest BCUT2D eigenvalue weighted by Gasteiger charge is 2.30. The molecule has 14 N–H and O–H groups in total. The first-order chi connectivity index (χ1) is 56.6. The first kappa shape index (κ1) is 83.3. The van der Waals surface area contributed by atoms with E-state index in [0.29, 0.717) is 88.2 Å². The van der Waals surface area contributed by atoms with Crippen LogP contribution in [0.25, 0.3) is 57.5 Å². The number of hydrogen-bond donors (Lipinski definition) is 13. The van der Waals surface area contributed by atoms with Gasteiger partial charge in [0.2, 0.25) is 21.7 Å². The lowest BCUT2D eigenvalue weighted by atomic mass is 10.0. The van der Waals surface area contributed by atoms with E-state index < -0.39 is 16.0 Å². The number of nitrogens with zero attached hydrogens (tertiary/aromatic N) is 3. The maximum atomic E-state index is 12.7. The summed E-state index contributed by atoms with van der Waals surface area (Å²) in [5.41, 5.74) is 17.9. The van der Waals surface area contributed by atoms with Crippen molar-refractivity contribution in [2.75, 3.05) is 28.4 Å². The molecule has 17 rings (SSSR count). The average Bonchev–Trinajstić information content (AvgIpc) is 1.63. The maximum absolute atomic E-state index is 12.7. The molecule has 118 heavy (non-hydrogen) atoms. The molecule has 4 aliphatic heterocycles. The molecule has 8 aromatic carbocycles. The number of hydrogen-bond acceptors (Lipinski definition) is 16. The third-order valence-corrected chi connectivity index (χ3v) is 22.9. The number of carbonyl (C=O) groups is 7. The predicted molar refractivity (Wildman–Crippen MR) is 475 cm³/mol. The van der Waals surface area contributed by atoms with Crippen molar-refractivity contribution in [2.45, 2.75) is 38.1 Å². The van der Waals surface area contributed by atoms with Gasteiger partial charge in [0, 0.05) is 111 Å². The predicted octanol–water partition coefficient (Wildman–Crippen LogP) is 18.5. The highest BCUT2D eigenvalue weighted by atomic mass is 127. The van der Waals surface area contributed by atoms with E-state index >= 15 is 0 Å². The number of thiophene rings is 1. The summed E-state index contributed by atoms with van der Waals surface area (Å²) in [6.45, 7) is 4.22. The van der Waals surface area contributed by atoms with Crippen LogP contribution < -0.4 is 36.5 Å². The van der Waals surface area contributed by atoms with Crippen LogP contribution in [0.15, 0.2) is 235 Å². The first-order valence-corrected chi connectivity index (χ1v) is 41.6. The lowest BCUT2D eigenvalue weighted by molar-refractivity contribution is -0.137. The lowest BCUT2D eigenvalue weighted by Gasteiger charge is -2.07. The second kappa shape index (κ2) is 36.6. The number of ether oxygens (including phenoxy) is 1. The number of ketones is 1. The number of benzene rings is 8. The number of aryl methyl sites for hydroxylation is 1. The van der Waals surface area contributed by atoms with Gasteiger partial charge in [-0.3, -0.25) is 33.6 Å². The number of aromatic hydroxyl groups is 2. The number of azo groups is 1. The molecule has 0 unspecified atom stereocenters. The number of carboxylic acid groups (broad SMARTS) is 1. The fourth-order valence-corrected chi connectivity index (χ4v) is 16.1. The number of halogens is 4. The molecular formula is C86H67Br3IN13O13S2. The van der Waals surface area contributed by atoms with Gasteiger partial charge < -0.3 is 66.6 Å². The van der Waals surface area contributed by atoms with Crippen molar-refractivity contribution in [3.63, 3.8) is 0 Å². The Hall–Kier alpha value is -12.7. The Morgan fingerprint density at radius 3 is 1.84 bits per heavy atom. The molecule has 5 amide bonds. The summed E-state index contributed by atoms with van der Waals surface area (Å²) in [5.74, 6) is -0.963. The number of phenols is 1. The summed E-state index contributed by atoms with van der Waals surface area (Å²) in [6, 6.07) is 53.5. The van der Waals surface area contributed by atoms with E-state index in [2.05, 4.69) is 132 Å². The molecule has 32 heteroatoms. The molecule has 0 atom stereocenters. The summed E-state index contributed by atoms with van der Waals surface area (Å²) in [6.07, 6.45) is 12.6. The van der Waals surface area contributed by atoms with Crippen molar-refractivity contribution in [3.05, 3.63) is 306 Å². The van der Waals surface area contributed by atoms with E-state index in [1.54, 1.807) is 105 Å². The van der Waals surface area contributed by atoms with Crippen LogP contribution in [-0.4, -0.2) is 97.1 Å². The quantitative estimate of drug-likeness (QED) is 0.0185. The molecule has 5 aromatic heterocycles. The van der Waals surface area contributed by atoms with Crippen molar-refractivity contribution in [1.82, 2.24) is 30.2 Å². The minimum Gasteiger partial charge on any atom is -0.506 e. The Kier molecular flexibility index (Phi) is 25.8. The number of carboxylic acids is 1. The van der Waals surface area contributed by atoms with E-state index in [0.717, 1.165) is 98.1 Å². The second-order valence-corrected chi connectivity index (χ2v) is 32.9. The van der Waals surface area contributed by atoms with Gasteiger partial charge >= 0.3 is 5.97 Å². The summed E-state index contributed by atoms with van der Waals surface area (Å²) >= 11 is 13.6. The Morgan fingerprint density at radius 2 is 1.24 bits per heavy atom. The fraction of sp³-hybridized carbons (Fsp3) is 0.0698. The highest BCUT2D eigenvalue weighted by molar-refractivity contribution is 14.1. The van der Waals surface area contributed by atoms with Crippen LogP contribution >= 0.6 is 81.7 Å². The molecule has 0 spiro atoms. The Bertz CT molecular complexity index is 6400. The zero-order chi connectivity index (χ0) is 83.6. The van der Waals surface area contributed by atoms with E-state index in [1.807, 2.05) is 122 Å². The van der Waals surface area contributed by atoms with Gasteiger partial charge in [-0.2, -0.15) is 5.11 Å². The van der Waals surface area contributed by atoms with E-state index in [1.165, 1.54) is 35.6 Å². The molecule has 0 saturated heterocycles. The van der Waals surface area contributed by atoms with Gasteiger partial charge in [0.1, 0.15) is 11.5 Å². The number of rotatable bonds is 16. The minimum absolute atomic E-state index is 0.00433. The first-order valence-electron chi connectivity index (χ1n) is 35.7. The molecular weight excluding hydrogens is 1850 g/mol. The number of aromatic nitrogens is 5. The van der Waals surface area contributed by atoms with Crippen molar-refractivity contribution in [2.24, 2.45) is 15.4 Å². The normalized spacial score (nSPS) is 14.2. The molecule has 9 heterocycles. The third-order valence-electron chi connectivity index (χ3n) is 18.7. The number of amides is 5. The Balaban J connectivity index is 0.000000130. The lowest BCUT2D eigenvalue weighted by Crippen LogP contribution is -2.22. The minimum atomic E-state index is -3.74. The maximum Gasteiger partial charge on any atom is 0.303 e. The number of primary sulfonamides is 1. The largest absolute Gasteiger partial charge is 0.506 e. The standard InChI is InChI=1S/C26H25N3O4.C18H12N2O2S.C15H8Br2INO2.C14H11BrN4O3S.C13H11N3O2/c1-15-19(9-11-24(30)31)16(2)28-23(15)13-21-20-12-18(8-10-22(20)29-26(21)33)25(32)27-14-17-6-4-3-5-7-17;21-17(16-4-2-8-23-16)11-5-6-15-13(9-11)14(18(22)20-15)10-12-3-1-7-19-12;16-11-4-7(5-12(17)14(11)20)3-10-9-6-8(18)1-2-13(9)19-15(10)21;15-8-1-6-12-11(7-8)13(14(20)17-12)19-18-9-2-4-10(5-3-9)23(16,21)22;1-18-9-2-3-12-10(5-9)11(13(17)16-12)4-8-6-14-7-15-8/h3-8,10,12-13,28H,9,11,14H2,1-2H3,(H,27,32)(H,29,33)(H,30,31);1-10,19H,(H,20,22);1-6,20H,(H,19,21);1-7,17,20H,(H2,16,21,22);2-7H,1H3,(H,14,15)(H,16,17)/b21-13-;14-10-;;;11-4-. The van der Waals surface area contributed by atoms with E-state index in [4.69, 9.17) is 15.0 Å². The van der Waals surface area contributed by atoms with Crippen LogP contribution in [0, 0.1) is 17.4 Å². The van der Waals surface area contributed by atoms with Crippen LogP contribution in [0.5, 0.6) is 17.4 Å².